The van der Waals surface area contributed by atoms with E-state index in [0.717, 1.165) is 13.8 Å². The maximum absolute atomic E-state index is 12.4. The van der Waals surface area contributed by atoms with Gasteiger partial charge in [-0.05, 0) is 34.6 Å². The second kappa shape index (κ2) is 4.20. The van der Waals surface area contributed by atoms with Gasteiger partial charge < -0.3 is 9.96 Å². The zero-order chi connectivity index (χ0) is 11.6. The summed E-state index contributed by atoms with van der Waals surface area (Å²) < 4.78 is 37.2. The molecule has 0 rings (SSSR count). The zero-order valence-electron chi connectivity index (χ0n) is 9.34. The predicted octanol–water partition coefficient (Wildman–Crippen LogP) is 1.30. The van der Waals surface area contributed by atoms with Crippen LogP contribution in [0.2, 0.25) is 0 Å². The Bertz CT molecular complexity index is 184. The third-order valence-corrected chi connectivity index (χ3v) is 4.16. The van der Waals surface area contributed by atoms with Crippen LogP contribution in [0.5, 0.6) is 0 Å². The molecule has 2 N–H and O–H groups in total. The number of nitrogens with one attached hydrogen (secondary N) is 2. The Morgan fingerprint density at radius 3 is 1.57 bits per heavy atom. The van der Waals surface area contributed by atoms with Gasteiger partial charge in [0.2, 0.25) is 0 Å². The van der Waals surface area contributed by atoms with E-state index in [0.29, 0.717) is 0 Å². The minimum atomic E-state index is -4.19. The van der Waals surface area contributed by atoms with Gasteiger partial charge in [-0.15, -0.1) is 0 Å². The summed E-state index contributed by atoms with van der Waals surface area (Å²) in [5.74, 6) is 0. The summed E-state index contributed by atoms with van der Waals surface area (Å²) in [5.41, 5.74) is -1.92. The van der Waals surface area contributed by atoms with Crippen LogP contribution in [0, 0.1) is 0 Å². The van der Waals surface area contributed by atoms with Crippen molar-refractivity contribution >= 4 is 9.84 Å². The molecule has 6 heteroatoms. The molecule has 0 aromatic heterocycles. The molecule has 0 heterocycles. The van der Waals surface area contributed by atoms with Gasteiger partial charge in [-0.2, -0.15) is 13.2 Å². The second-order valence-corrected chi connectivity index (χ2v) is 5.96. The molecule has 0 aliphatic carbocycles. The summed E-state index contributed by atoms with van der Waals surface area (Å²) in [6.45, 7) is 8.11. The molecule has 0 aliphatic rings. The molecule has 0 spiro atoms. The van der Waals surface area contributed by atoms with Crippen molar-refractivity contribution in [2.45, 2.75) is 51.9 Å². The lowest BCUT2D eigenvalue weighted by Gasteiger charge is -2.31. The van der Waals surface area contributed by atoms with Crippen LogP contribution in [-0.4, -0.2) is 27.1 Å². The van der Waals surface area contributed by atoms with E-state index < -0.39 is 21.6 Å². The Morgan fingerprint density at radius 2 is 1.29 bits per heavy atom. The highest BCUT2D eigenvalue weighted by molar-refractivity contribution is 6.29. The lowest BCUT2D eigenvalue weighted by Crippen LogP contribution is -2.58. The standard InChI is InChI=1S/C8H19F3N2Si/c1-6(2,3)12-14-13-7(4,5)8(9,10)11/h12-13H,14H2,1-5H3. The fourth-order valence-electron chi connectivity index (χ4n) is 0.631. The summed E-state index contributed by atoms with van der Waals surface area (Å²) in [6, 6.07) is 0. The smallest absolute Gasteiger partial charge is 0.326 e. The fourth-order valence-corrected chi connectivity index (χ4v) is 1.89. The first-order valence-corrected chi connectivity index (χ1v) is 5.94. The van der Waals surface area contributed by atoms with Crippen molar-refractivity contribution in [3.63, 3.8) is 0 Å². The van der Waals surface area contributed by atoms with Crippen molar-refractivity contribution in [2.75, 3.05) is 0 Å². The molecule has 0 aromatic carbocycles. The topological polar surface area (TPSA) is 24.1 Å². The summed E-state index contributed by atoms with van der Waals surface area (Å²) in [5, 5.41) is 0. The van der Waals surface area contributed by atoms with Crippen molar-refractivity contribution in [2.24, 2.45) is 0 Å². The first-order valence-electron chi connectivity index (χ1n) is 4.52. The predicted molar refractivity (Wildman–Crippen MR) is 54.7 cm³/mol. The van der Waals surface area contributed by atoms with E-state index in [1.165, 1.54) is 0 Å². The normalized spacial score (nSPS) is 15.4. The molecule has 0 amide bonds. The van der Waals surface area contributed by atoms with Crippen LogP contribution in [0.1, 0.15) is 34.6 Å². The van der Waals surface area contributed by atoms with Crippen LogP contribution < -0.4 is 9.96 Å². The molecule has 0 saturated heterocycles. The van der Waals surface area contributed by atoms with Gasteiger partial charge in [0.15, 0.2) is 9.84 Å². The summed E-state index contributed by atoms with van der Waals surface area (Å²) in [6.07, 6.45) is -4.19. The Labute approximate surface area is 85.6 Å². The molecule has 14 heavy (non-hydrogen) atoms. The maximum atomic E-state index is 12.4. The van der Waals surface area contributed by atoms with E-state index in [2.05, 4.69) is 9.96 Å². The lowest BCUT2D eigenvalue weighted by molar-refractivity contribution is -0.180. The van der Waals surface area contributed by atoms with Gasteiger partial charge in [-0.3, -0.25) is 0 Å². The van der Waals surface area contributed by atoms with Gasteiger partial charge in [-0.25, -0.2) is 0 Å². The molecular formula is C8H19F3N2Si. The second-order valence-electron chi connectivity index (χ2n) is 4.90. The molecule has 0 aliphatic heterocycles. The highest BCUT2D eigenvalue weighted by Crippen LogP contribution is 2.28. The number of hydrogen-bond acceptors (Lipinski definition) is 2. The molecule has 0 unspecified atom stereocenters. The quantitative estimate of drug-likeness (QED) is 0.712. The number of alkyl halides is 3. The van der Waals surface area contributed by atoms with Gasteiger partial charge >= 0.3 is 6.18 Å². The van der Waals surface area contributed by atoms with Gasteiger partial charge in [0.1, 0.15) is 5.54 Å². The Morgan fingerprint density at radius 1 is 0.857 bits per heavy atom. The van der Waals surface area contributed by atoms with Crippen LogP contribution in [-0.2, 0) is 0 Å². The van der Waals surface area contributed by atoms with E-state index in [-0.39, 0.29) is 5.54 Å². The molecule has 0 bridgehead atoms. The lowest BCUT2D eigenvalue weighted by atomic mass is 10.1. The van der Waals surface area contributed by atoms with Crippen molar-refractivity contribution in [1.82, 2.24) is 9.96 Å². The Balaban J connectivity index is 4.02. The minimum Gasteiger partial charge on any atom is -0.326 e. The van der Waals surface area contributed by atoms with Crippen molar-refractivity contribution < 1.29 is 13.2 Å². The van der Waals surface area contributed by atoms with E-state index in [1.807, 2.05) is 20.8 Å². The van der Waals surface area contributed by atoms with Gasteiger partial charge in [0.25, 0.3) is 0 Å². The van der Waals surface area contributed by atoms with E-state index in [9.17, 15) is 13.2 Å². The highest BCUT2D eigenvalue weighted by atomic mass is 28.2. The maximum Gasteiger partial charge on any atom is 0.405 e. The Hall–Kier alpha value is -0.0731. The molecule has 2 nitrogen and oxygen atoms in total. The van der Waals surface area contributed by atoms with E-state index in [1.54, 1.807) is 0 Å². The minimum absolute atomic E-state index is 0.124. The molecule has 0 aromatic rings. The fraction of sp³-hybridized carbons (Fsp3) is 1.00. The van der Waals surface area contributed by atoms with Crippen molar-refractivity contribution in [3.8, 4) is 0 Å². The van der Waals surface area contributed by atoms with Crippen LogP contribution in [0.3, 0.4) is 0 Å². The first-order chi connectivity index (χ1) is 5.96. The summed E-state index contributed by atoms with van der Waals surface area (Å²) in [4.78, 5) is 5.64. The van der Waals surface area contributed by atoms with Crippen molar-refractivity contribution in [3.05, 3.63) is 0 Å². The van der Waals surface area contributed by atoms with Crippen LogP contribution in [0.4, 0.5) is 13.2 Å². The van der Waals surface area contributed by atoms with E-state index in [4.69, 9.17) is 0 Å². The zero-order valence-corrected chi connectivity index (χ0v) is 10.8. The number of hydrogen-bond donors (Lipinski definition) is 2. The van der Waals surface area contributed by atoms with Crippen molar-refractivity contribution in [1.29, 1.82) is 0 Å². The van der Waals surface area contributed by atoms with Gasteiger partial charge in [0, 0.05) is 5.54 Å². The third-order valence-electron chi connectivity index (χ3n) is 1.86. The number of rotatable bonds is 3. The first kappa shape index (κ1) is 13.9. The Kier molecular flexibility index (Phi) is 4.18. The highest BCUT2D eigenvalue weighted by Gasteiger charge is 2.46. The molecule has 86 valence electrons. The largest absolute Gasteiger partial charge is 0.405 e. The monoisotopic (exact) mass is 228 g/mol. The van der Waals surface area contributed by atoms with E-state index >= 15 is 0 Å². The molecular weight excluding hydrogens is 209 g/mol. The number of halogens is 3. The average Bonchev–Trinajstić information content (AvgIpc) is 1.80. The molecule has 0 saturated carbocycles. The molecule has 0 radical (unpaired) electrons. The summed E-state index contributed by atoms with van der Waals surface area (Å²) >= 11 is 0. The molecule has 0 atom stereocenters. The summed E-state index contributed by atoms with van der Waals surface area (Å²) in [7, 11) is -1.10. The molecule has 0 fully saturated rings. The van der Waals surface area contributed by atoms with Crippen LogP contribution >= 0.6 is 0 Å². The van der Waals surface area contributed by atoms with Crippen LogP contribution in [0.25, 0.3) is 0 Å². The third kappa shape index (κ3) is 4.97. The average molecular weight is 228 g/mol. The van der Waals surface area contributed by atoms with Gasteiger partial charge in [-0.1, -0.05) is 0 Å². The van der Waals surface area contributed by atoms with Crippen LogP contribution in [0.15, 0.2) is 0 Å². The SMILES string of the molecule is CC(C)(C)N[SiH2]NC(C)(C)C(F)(F)F. The van der Waals surface area contributed by atoms with Gasteiger partial charge in [0.05, 0.1) is 0 Å².